The van der Waals surface area contributed by atoms with Crippen LogP contribution < -0.4 is 10.1 Å². The van der Waals surface area contributed by atoms with E-state index in [0.717, 1.165) is 11.4 Å². The number of pyridine rings is 1. The fourth-order valence-corrected chi connectivity index (χ4v) is 1.36. The maximum absolute atomic E-state index is 8.65. The van der Waals surface area contributed by atoms with E-state index in [1.807, 2.05) is 30.3 Å². The average molecular weight is 225 g/mol. The number of nitrogens with zero attached hydrogens (tertiary/aromatic N) is 2. The molecule has 0 aliphatic carbocycles. The van der Waals surface area contributed by atoms with Crippen molar-refractivity contribution in [1.29, 1.82) is 5.26 Å². The first-order valence-corrected chi connectivity index (χ1v) is 5.09. The van der Waals surface area contributed by atoms with Crippen molar-refractivity contribution in [3.8, 4) is 11.8 Å². The van der Waals surface area contributed by atoms with E-state index in [4.69, 9.17) is 10.00 Å². The molecule has 0 amide bonds. The first-order valence-electron chi connectivity index (χ1n) is 5.09. The Morgan fingerprint density at radius 3 is 2.47 bits per heavy atom. The van der Waals surface area contributed by atoms with Crippen molar-refractivity contribution in [2.24, 2.45) is 0 Å². The highest BCUT2D eigenvalue weighted by molar-refractivity contribution is 5.57. The second-order valence-electron chi connectivity index (χ2n) is 3.40. The summed E-state index contributed by atoms with van der Waals surface area (Å²) in [5.74, 6) is 1.51. The molecule has 0 aliphatic rings. The zero-order valence-corrected chi connectivity index (χ0v) is 9.34. The SMILES string of the molecule is COc1ccc(Nc2ccc(C#N)cn2)cc1. The third-order valence-electron chi connectivity index (χ3n) is 2.26. The van der Waals surface area contributed by atoms with Gasteiger partial charge in [0.2, 0.25) is 0 Å². The van der Waals surface area contributed by atoms with Crippen molar-refractivity contribution in [3.05, 3.63) is 48.2 Å². The van der Waals surface area contributed by atoms with Crippen LogP contribution in [0, 0.1) is 11.3 Å². The monoisotopic (exact) mass is 225 g/mol. The predicted molar refractivity (Wildman–Crippen MR) is 65.2 cm³/mol. The van der Waals surface area contributed by atoms with Gasteiger partial charge in [-0.15, -0.1) is 0 Å². The van der Waals surface area contributed by atoms with Gasteiger partial charge in [0, 0.05) is 11.9 Å². The summed E-state index contributed by atoms with van der Waals surface area (Å²) < 4.78 is 5.07. The summed E-state index contributed by atoms with van der Waals surface area (Å²) in [5, 5.41) is 11.8. The Bertz CT molecular complexity index is 526. The minimum absolute atomic E-state index is 0.547. The van der Waals surface area contributed by atoms with Gasteiger partial charge in [0.15, 0.2) is 0 Å². The maximum atomic E-state index is 8.65. The topological polar surface area (TPSA) is 57.9 Å². The molecule has 0 bridgehead atoms. The highest BCUT2D eigenvalue weighted by atomic mass is 16.5. The van der Waals surface area contributed by atoms with Gasteiger partial charge in [0.1, 0.15) is 17.6 Å². The Labute approximate surface area is 99.5 Å². The van der Waals surface area contributed by atoms with Crippen LogP contribution in [0.5, 0.6) is 5.75 Å². The lowest BCUT2D eigenvalue weighted by molar-refractivity contribution is 0.415. The molecule has 0 atom stereocenters. The lowest BCUT2D eigenvalue weighted by atomic mass is 10.3. The van der Waals surface area contributed by atoms with E-state index >= 15 is 0 Å². The molecular formula is C13H11N3O. The maximum Gasteiger partial charge on any atom is 0.130 e. The van der Waals surface area contributed by atoms with Crippen molar-refractivity contribution in [2.45, 2.75) is 0 Å². The van der Waals surface area contributed by atoms with Crippen LogP contribution in [0.2, 0.25) is 0 Å². The Balaban J connectivity index is 2.11. The molecule has 1 N–H and O–H groups in total. The van der Waals surface area contributed by atoms with Gasteiger partial charge in [0.05, 0.1) is 12.7 Å². The molecule has 0 spiro atoms. The predicted octanol–water partition coefficient (Wildman–Crippen LogP) is 2.71. The van der Waals surface area contributed by atoms with Gasteiger partial charge in [-0.05, 0) is 36.4 Å². The van der Waals surface area contributed by atoms with Crippen LogP contribution in [0.3, 0.4) is 0 Å². The summed E-state index contributed by atoms with van der Waals surface area (Å²) in [6.07, 6.45) is 1.53. The summed E-state index contributed by atoms with van der Waals surface area (Å²) in [5.41, 5.74) is 1.47. The van der Waals surface area contributed by atoms with Gasteiger partial charge in [-0.2, -0.15) is 5.26 Å². The lowest BCUT2D eigenvalue weighted by Gasteiger charge is -2.06. The molecule has 0 unspecified atom stereocenters. The normalized spacial score (nSPS) is 9.41. The summed E-state index contributed by atoms with van der Waals surface area (Å²) in [6.45, 7) is 0. The largest absolute Gasteiger partial charge is 0.497 e. The second-order valence-corrected chi connectivity index (χ2v) is 3.40. The summed E-state index contributed by atoms with van der Waals surface area (Å²) in [7, 11) is 1.63. The molecule has 2 rings (SSSR count). The fourth-order valence-electron chi connectivity index (χ4n) is 1.36. The van der Waals surface area contributed by atoms with E-state index in [1.165, 1.54) is 6.20 Å². The average Bonchev–Trinajstić information content (AvgIpc) is 2.40. The summed E-state index contributed by atoms with van der Waals surface area (Å²) in [6, 6.07) is 13.1. The van der Waals surface area contributed by atoms with Gasteiger partial charge in [0.25, 0.3) is 0 Å². The quantitative estimate of drug-likeness (QED) is 0.872. The molecule has 0 fully saturated rings. The van der Waals surface area contributed by atoms with Crippen LogP contribution in [0.25, 0.3) is 0 Å². The number of ether oxygens (including phenoxy) is 1. The fraction of sp³-hybridized carbons (Fsp3) is 0.0769. The Morgan fingerprint density at radius 1 is 1.18 bits per heavy atom. The second kappa shape index (κ2) is 4.99. The molecule has 1 aromatic carbocycles. The molecule has 0 saturated carbocycles. The first-order chi connectivity index (χ1) is 8.31. The molecule has 0 radical (unpaired) electrons. The zero-order valence-electron chi connectivity index (χ0n) is 9.34. The van der Waals surface area contributed by atoms with Gasteiger partial charge in [-0.25, -0.2) is 4.98 Å². The van der Waals surface area contributed by atoms with Crippen LogP contribution in [0.4, 0.5) is 11.5 Å². The number of rotatable bonds is 3. The Hall–Kier alpha value is -2.54. The minimum Gasteiger partial charge on any atom is -0.497 e. The van der Waals surface area contributed by atoms with Crippen LogP contribution >= 0.6 is 0 Å². The van der Waals surface area contributed by atoms with Crippen LogP contribution in [-0.4, -0.2) is 12.1 Å². The number of nitriles is 1. The summed E-state index contributed by atoms with van der Waals surface area (Å²) in [4.78, 5) is 4.12. The third kappa shape index (κ3) is 2.73. The smallest absolute Gasteiger partial charge is 0.130 e. The van der Waals surface area contributed by atoms with Gasteiger partial charge in [-0.1, -0.05) is 0 Å². The molecule has 1 aromatic heterocycles. The molecule has 0 saturated heterocycles. The molecular weight excluding hydrogens is 214 g/mol. The number of anilines is 2. The van der Waals surface area contributed by atoms with E-state index in [2.05, 4.69) is 10.3 Å². The molecule has 4 nitrogen and oxygen atoms in total. The van der Waals surface area contributed by atoms with Crippen molar-refractivity contribution in [1.82, 2.24) is 4.98 Å². The van der Waals surface area contributed by atoms with Crippen molar-refractivity contribution >= 4 is 11.5 Å². The van der Waals surface area contributed by atoms with E-state index in [1.54, 1.807) is 19.2 Å². The molecule has 4 heteroatoms. The van der Waals surface area contributed by atoms with E-state index in [9.17, 15) is 0 Å². The van der Waals surface area contributed by atoms with Crippen molar-refractivity contribution in [2.75, 3.05) is 12.4 Å². The lowest BCUT2D eigenvalue weighted by Crippen LogP contribution is -1.93. The minimum atomic E-state index is 0.547. The highest BCUT2D eigenvalue weighted by Gasteiger charge is 1.97. The zero-order chi connectivity index (χ0) is 12.1. The Kier molecular flexibility index (Phi) is 3.22. The van der Waals surface area contributed by atoms with Crippen LogP contribution in [0.1, 0.15) is 5.56 Å². The highest BCUT2D eigenvalue weighted by Crippen LogP contribution is 2.18. The number of nitrogens with one attached hydrogen (secondary N) is 1. The van der Waals surface area contributed by atoms with Crippen LogP contribution in [0.15, 0.2) is 42.6 Å². The molecule has 84 valence electrons. The van der Waals surface area contributed by atoms with Gasteiger partial charge < -0.3 is 10.1 Å². The molecule has 2 aromatic rings. The van der Waals surface area contributed by atoms with E-state index in [0.29, 0.717) is 11.4 Å². The van der Waals surface area contributed by atoms with Gasteiger partial charge >= 0.3 is 0 Å². The van der Waals surface area contributed by atoms with E-state index < -0.39 is 0 Å². The van der Waals surface area contributed by atoms with Crippen molar-refractivity contribution < 1.29 is 4.74 Å². The number of hydrogen-bond acceptors (Lipinski definition) is 4. The molecule has 1 heterocycles. The van der Waals surface area contributed by atoms with Crippen molar-refractivity contribution in [3.63, 3.8) is 0 Å². The number of hydrogen-bond donors (Lipinski definition) is 1. The molecule has 0 aliphatic heterocycles. The Morgan fingerprint density at radius 2 is 1.94 bits per heavy atom. The summed E-state index contributed by atoms with van der Waals surface area (Å²) >= 11 is 0. The van der Waals surface area contributed by atoms with Crippen LogP contribution in [-0.2, 0) is 0 Å². The third-order valence-corrected chi connectivity index (χ3v) is 2.26. The molecule has 17 heavy (non-hydrogen) atoms. The number of aromatic nitrogens is 1. The van der Waals surface area contributed by atoms with E-state index in [-0.39, 0.29) is 0 Å². The number of benzene rings is 1. The standard InChI is InChI=1S/C13H11N3O/c1-17-12-5-3-11(4-6-12)16-13-7-2-10(8-14)9-15-13/h2-7,9H,1H3,(H,15,16). The number of methoxy groups -OCH3 is 1. The first kappa shape index (κ1) is 11.0. The van der Waals surface area contributed by atoms with Gasteiger partial charge in [-0.3, -0.25) is 0 Å².